The highest BCUT2D eigenvalue weighted by Crippen LogP contribution is 2.18. The molecule has 0 radical (unpaired) electrons. The molecule has 0 nitrogen and oxygen atoms in total. The summed E-state index contributed by atoms with van der Waals surface area (Å²) >= 11 is 0. The summed E-state index contributed by atoms with van der Waals surface area (Å²) in [5.41, 5.74) is 0. The van der Waals surface area contributed by atoms with Gasteiger partial charge in [-0.3, -0.25) is 0 Å². The Morgan fingerprint density at radius 3 is 1.59 bits per heavy atom. The van der Waals surface area contributed by atoms with Crippen molar-refractivity contribution in [3.63, 3.8) is 0 Å². The summed E-state index contributed by atoms with van der Waals surface area (Å²) < 4.78 is 0. The normalized spacial score (nSPS) is 13.2. The summed E-state index contributed by atoms with van der Waals surface area (Å²) in [5, 5.41) is 0. The molecule has 104 valence electrons. The van der Waals surface area contributed by atoms with Crippen LogP contribution in [0.4, 0.5) is 0 Å². The van der Waals surface area contributed by atoms with E-state index in [1.54, 1.807) is 0 Å². The van der Waals surface area contributed by atoms with Crippen molar-refractivity contribution in [2.45, 2.75) is 98.3 Å². The van der Waals surface area contributed by atoms with Gasteiger partial charge >= 0.3 is 0 Å². The minimum Gasteiger partial charge on any atom is -0.0654 e. The smallest absolute Gasteiger partial charge is 0.0443 e. The lowest BCUT2D eigenvalue weighted by molar-refractivity contribution is 0.433. The molecule has 0 aromatic rings. The summed E-state index contributed by atoms with van der Waals surface area (Å²) in [6.45, 7) is 9.40. The first-order chi connectivity index (χ1) is 8.16. The maximum atomic E-state index is 2.44. The van der Waals surface area contributed by atoms with E-state index in [-0.39, 0.29) is 0 Å². The second kappa shape index (κ2) is 12.5. The first kappa shape index (κ1) is 17.0. The van der Waals surface area contributed by atoms with Gasteiger partial charge in [0.1, 0.15) is 0 Å². The standard InChI is InChI=1S/C17H36/c1-5-6-10-14-17(4)15-12-9-7-8-11-13-16(2)3/h16-17H,5-15H2,1-4H3. The molecule has 0 aromatic carbocycles. The Morgan fingerprint density at radius 1 is 0.588 bits per heavy atom. The Bertz CT molecular complexity index is 137. The van der Waals surface area contributed by atoms with Crippen LogP contribution in [0, 0.1) is 11.8 Å². The molecule has 0 bridgehead atoms. The molecule has 0 heteroatoms. The summed E-state index contributed by atoms with van der Waals surface area (Å²) in [6, 6.07) is 0. The molecule has 1 atom stereocenters. The van der Waals surface area contributed by atoms with Gasteiger partial charge in [-0.1, -0.05) is 98.3 Å². The Labute approximate surface area is 111 Å². The molecule has 0 N–H and O–H groups in total. The summed E-state index contributed by atoms with van der Waals surface area (Å²) in [7, 11) is 0. The lowest BCUT2D eigenvalue weighted by Crippen LogP contribution is -1.95. The first-order valence-electron chi connectivity index (χ1n) is 8.16. The molecule has 17 heavy (non-hydrogen) atoms. The molecule has 1 unspecified atom stereocenters. The van der Waals surface area contributed by atoms with Gasteiger partial charge in [-0.15, -0.1) is 0 Å². The zero-order valence-electron chi connectivity index (χ0n) is 12.9. The Morgan fingerprint density at radius 2 is 1.06 bits per heavy atom. The number of hydrogen-bond donors (Lipinski definition) is 0. The molecule has 0 saturated heterocycles. The number of hydrogen-bond acceptors (Lipinski definition) is 0. The van der Waals surface area contributed by atoms with Gasteiger partial charge in [0, 0.05) is 0 Å². The predicted molar refractivity (Wildman–Crippen MR) is 80.5 cm³/mol. The highest BCUT2D eigenvalue weighted by Gasteiger charge is 2.01. The van der Waals surface area contributed by atoms with Crippen molar-refractivity contribution in [2.75, 3.05) is 0 Å². The molecule has 0 fully saturated rings. The van der Waals surface area contributed by atoms with E-state index in [9.17, 15) is 0 Å². The van der Waals surface area contributed by atoms with Crippen molar-refractivity contribution in [1.29, 1.82) is 0 Å². The third-order valence-corrected chi connectivity index (χ3v) is 3.78. The van der Waals surface area contributed by atoms with E-state index in [0.717, 1.165) is 11.8 Å². The van der Waals surface area contributed by atoms with Gasteiger partial charge < -0.3 is 0 Å². The van der Waals surface area contributed by atoms with Crippen LogP contribution in [-0.2, 0) is 0 Å². The second-order valence-electron chi connectivity index (χ2n) is 6.34. The molecule has 0 aliphatic heterocycles. The fraction of sp³-hybridized carbons (Fsp3) is 1.00. The van der Waals surface area contributed by atoms with Crippen LogP contribution in [0.3, 0.4) is 0 Å². The zero-order chi connectivity index (χ0) is 12.9. The van der Waals surface area contributed by atoms with Crippen LogP contribution in [-0.4, -0.2) is 0 Å². The fourth-order valence-corrected chi connectivity index (χ4v) is 2.46. The Kier molecular flexibility index (Phi) is 12.5. The number of unbranched alkanes of at least 4 members (excludes halogenated alkanes) is 6. The van der Waals surface area contributed by atoms with Crippen molar-refractivity contribution in [1.82, 2.24) is 0 Å². The molecule has 0 aliphatic carbocycles. The second-order valence-corrected chi connectivity index (χ2v) is 6.34. The zero-order valence-corrected chi connectivity index (χ0v) is 12.9. The van der Waals surface area contributed by atoms with Crippen LogP contribution in [0.15, 0.2) is 0 Å². The minimum atomic E-state index is 0.897. The van der Waals surface area contributed by atoms with E-state index in [0.29, 0.717) is 0 Å². The van der Waals surface area contributed by atoms with E-state index < -0.39 is 0 Å². The van der Waals surface area contributed by atoms with Gasteiger partial charge in [0.15, 0.2) is 0 Å². The van der Waals surface area contributed by atoms with E-state index in [1.807, 2.05) is 0 Å². The van der Waals surface area contributed by atoms with E-state index in [2.05, 4.69) is 27.7 Å². The van der Waals surface area contributed by atoms with Crippen LogP contribution < -0.4 is 0 Å². The van der Waals surface area contributed by atoms with Gasteiger partial charge in [0.2, 0.25) is 0 Å². The summed E-state index contributed by atoms with van der Waals surface area (Å²) in [5.74, 6) is 1.87. The monoisotopic (exact) mass is 240 g/mol. The molecule has 0 saturated carbocycles. The summed E-state index contributed by atoms with van der Waals surface area (Å²) in [6.07, 6.45) is 15.9. The van der Waals surface area contributed by atoms with Crippen molar-refractivity contribution >= 4 is 0 Å². The van der Waals surface area contributed by atoms with Crippen molar-refractivity contribution < 1.29 is 0 Å². The molecule has 0 amide bonds. The molecule has 0 aliphatic rings. The maximum absolute atomic E-state index is 2.44. The Hall–Kier alpha value is 0. The van der Waals surface area contributed by atoms with Gasteiger partial charge in [0.25, 0.3) is 0 Å². The van der Waals surface area contributed by atoms with Gasteiger partial charge in [-0.25, -0.2) is 0 Å². The molecular weight excluding hydrogens is 204 g/mol. The minimum absolute atomic E-state index is 0.897. The number of rotatable bonds is 12. The summed E-state index contributed by atoms with van der Waals surface area (Å²) in [4.78, 5) is 0. The van der Waals surface area contributed by atoms with Gasteiger partial charge in [-0.05, 0) is 11.8 Å². The largest absolute Gasteiger partial charge is 0.0654 e. The SMILES string of the molecule is CCCCCC(C)CCCCCCCC(C)C. The van der Waals surface area contributed by atoms with Crippen LogP contribution in [0.2, 0.25) is 0 Å². The topological polar surface area (TPSA) is 0 Å². The predicted octanol–water partition coefficient (Wildman–Crippen LogP) is 6.59. The van der Waals surface area contributed by atoms with Gasteiger partial charge in [0.05, 0.1) is 0 Å². The molecule has 0 spiro atoms. The lowest BCUT2D eigenvalue weighted by Gasteiger charge is -2.10. The van der Waals surface area contributed by atoms with Gasteiger partial charge in [-0.2, -0.15) is 0 Å². The van der Waals surface area contributed by atoms with Crippen LogP contribution in [0.25, 0.3) is 0 Å². The lowest BCUT2D eigenvalue weighted by atomic mass is 9.96. The van der Waals surface area contributed by atoms with E-state index in [4.69, 9.17) is 0 Å². The average molecular weight is 240 g/mol. The first-order valence-corrected chi connectivity index (χ1v) is 8.16. The van der Waals surface area contributed by atoms with Crippen LogP contribution in [0.5, 0.6) is 0 Å². The van der Waals surface area contributed by atoms with E-state index in [1.165, 1.54) is 70.6 Å². The van der Waals surface area contributed by atoms with E-state index >= 15 is 0 Å². The highest BCUT2D eigenvalue weighted by molar-refractivity contribution is 4.55. The van der Waals surface area contributed by atoms with Crippen molar-refractivity contribution in [3.8, 4) is 0 Å². The quantitative estimate of drug-likeness (QED) is 0.338. The highest BCUT2D eigenvalue weighted by atomic mass is 14.1. The molecule has 0 aromatic heterocycles. The van der Waals surface area contributed by atoms with Crippen molar-refractivity contribution in [2.24, 2.45) is 11.8 Å². The van der Waals surface area contributed by atoms with Crippen LogP contribution in [0.1, 0.15) is 98.3 Å². The molecule has 0 rings (SSSR count). The van der Waals surface area contributed by atoms with Crippen LogP contribution >= 0.6 is 0 Å². The third-order valence-electron chi connectivity index (χ3n) is 3.78. The molecule has 0 heterocycles. The fourth-order valence-electron chi connectivity index (χ4n) is 2.46. The maximum Gasteiger partial charge on any atom is -0.0443 e. The average Bonchev–Trinajstić information content (AvgIpc) is 2.28. The Balaban J connectivity index is 3.11. The molecular formula is C17H36. The van der Waals surface area contributed by atoms with Crippen molar-refractivity contribution in [3.05, 3.63) is 0 Å². The third kappa shape index (κ3) is 13.9.